The third-order valence-corrected chi connectivity index (χ3v) is 3.47. The molecular weight excluding hydrogens is 297 g/mol. The Bertz CT molecular complexity index is 668. The molecule has 0 atom stereocenters. The third kappa shape index (κ3) is 2.96. The predicted octanol–water partition coefficient (Wildman–Crippen LogP) is 3.88. The SMILES string of the molecule is COc1cccc(Cl)c1CNc1nccc(C#N)c1Cl. The fraction of sp³-hybridized carbons (Fsp3) is 0.143. The van der Waals surface area contributed by atoms with Crippen molar-refractivity contribution in [1.82, 2.24) is 4.98 Å². The molecule has 1 N–H and O–H groups in total. The number of methoxy groups -OCH3 is 1. The zero-order valence-electron chi connectivity index (χ0n) is 10.7. The number of benzene rings is 1. The number of pyridine rings is 1. The molecule has 0 aliphatic carbocycles. The minimum atomic E-state index is 0.293. The lowest BCUT2D eigenvalue weighted by molar-refractivity contribution is 0.410. The van der Waals surface area contributed by atoms with Crippen LogP contribution >= 0.6 is 23.2 Å². The van der Waals surface area contributed by atoms with Crippen LogP contribution in [0.15, 0.2) is 30.5 Å². The molecule has 1 heterocycles. The lowest BCUT2D eigenvalue weighted by Gasteiger charge is -2.12. The zero-order chi connectivity index (χ0) is 14.5. The number of hydrogen-bond donors (Lipinski definition) is 1. The first-order chi connectivity index (χ1) is 9.67. The summed E-state index contributed by atoms with van der Waals surface area (Å²) in [7, 11) is 1.58. The summed E-state index contributed by atoms with van der Waals surface area (Å²) in [6.07, 6.45) is 1.52. The van der Waals surface area contributed by atoms with Crippen molar-refractivity contribution < 1.29 is 4.74 Å². The lowest BCUT2D eigenvalue weighted by atomic mass is 10.2. The largest absolute Gasteiger partial charge is 0.496 e. The van der Waals surface area contributed by atoms with Crippen molar-refractivity contribution in [3.63, 3.8) is 0 Å². The molecule has 0 saturated heterocycles. The average molecular weight is 308 g/mol. The van der Waals surface area contributed by atoms with Gasteiger partial charge in [-0.2, -0.15) is 5.26 Å². The third-order valence-electron chi connectivity index (χ3n) is 2.74. The Hall–Kier alpha value is -1.96. The van der Waals surface area contributed by atoms with Gasteiger partial charge >= 0.3 is 0 Å². The van der Waals surface area contributed by atoms with Crippen LogP contribution in [-0.4, -0.2) is 12.1 Å². The fourth-order valence-electron chi connectivity index (χ4n) is 1.73. The van der Waals surface area contributed by atoms with E-state index in [0.29, 0.717) is 33.7 Å². The summed E-state index contributed by atoms with van der Waals surface area (Å²) >= 11 is 12.2. The van der Waals surface area contributed by atoms with E-state index in [2.05, 4.69) is 10.3 Å². The van der Waals surface area contributed by atoms with Crippen molar-refractivity contribution >= 4 is 29.0 Å². The number of rotatable bonds is 4. The normalized spacial score (nSPS) is 9.90. The first-order valence-corrected chi connectivity index (χ1v) is 6.52. The molecule has 102 valence electrons. The number of halogens is 2. The van der Waals surface area contributed by atoms with Crippen molar-refractivity contribution in [3.8, 4) is 11.8 Å². The summed E-state index contributed by atoms with van der Waals surface area (Å²) in [5.41, 5.74) is 1.17. The Morgan fingerprint density at radius 1 is 1.35 bits per heavy atom. The molecule has 20 heavy (non-hydrogen) atoms. The van der Waals surface area contributed by atoms with E-state index in [1.807, 2.05) is 18.2 Å². The molecule has 0 saturated carbocycles. The molecule has 0 bridgehead atoms. The van der Waals surface area contributed by atoms with Gasteiger partial charge in [-0.15, -0.1) is 0 Å². The maximum absolute atomic E-state index is 8.92. The van der Waals surface area contributed by atoms with Crippen LogP contribution < -0.4 is 10.1 Å². The molecular formula is C14H11Cl2N3O. The van der Waals surface area contributed by atoms with Gasteiger partial charge in [0.05, 0.1) is 12.7 Å². The van der Waals surface area contributed by atoms with Gasteiger partial charge in [-0.1, -0.05) is 29.3 Å². The van der Waals surface area contributed by atoms with Gasteiger partial charge in [-0.05, 0) is 18.2 Å². The monoisotopic (exact) mass is 307 g/mol. The minimum absolute atomic E-state index is 0.293. The van der Waals surface area contributed by atoms with Crippen LogP contribution in [-0.2, 0) is 6.54 Å². The molecule has 2 aromatic rings. The van der Waals surface area contributed by atoms with E-state index in [9.17, 15) is 0 Å². The smallest absolute Gasteiger partial charge is 0.146 e. The number of ether oxygens (including phenoxy) is 1. The first-order valence-electron chi connectivity index (χ1n) is 5.77. The Morgan fingerprint density at radius 2 is 2.15 bits per heavy atom. The highest BCUT2D eigenvalue weighted by molar-refractivity contribution is 6.34. The molecule has 6 heteroatoms. The summed E-state index contributed by atoms with van der Waals surface area (Å²) < 4.78 is 5.26. The number of nitrogens with one attached hydrogen (secondary N) is 1. The Balaban J connectivity index is 2.24. The zero-order valence-corrected chi connectivity index (χ0v) is 12.2. The standard InChI is InChI=1S/C14H11Cl2N3O/c1-20-12-4-2-3-11(15)10(12)8-19-14-13(16)9(7-17)5-6-18-14/h2-6H,8H2,1H3,(H,18,19). The molecule has 0 fully saturated rings. The summed E-state index contributed by atoms with van der Waals surface area (Å²) in [4.78, 5) is 4.11. The van der Waals surface area contributed by atoms with E-state index in [-0.39, 0.29) is 0 Å². The summed E-state index contributed by atoms with van der Waals surface area (Å²) in [6.45, 7) is 0.393. The summed E-state index contributed by atoms with van der Waals surface area (Å²) in [5.74, 6) is 1.12. The highest BCUT2D eigenvalue weighted by Gasteiger charge is 2.10. The molecule has 4 nitrogen and oxygen atoms in total. The van der Waals surface area contributed by atoms with E-state index in [0.717, 1.165) is 5.56 Å². The molecule has 0 spiro atoms. The maximum atomic E-state index is 8.92. The lowest BCUT2D eigenvalue weighted by Crippen LogP contribution is -2.05. The highest BCUT2D eigenvalue weighted by Crippen LogP contribution is 2.28. The average Bonchev–Trinajstić information content (AvgIpc) is 2.47. The van der Waals surface area contributed by atoms with E-state index < -0.39 is 0 Å². The van der Waals surface area contributed by atoms with Gasteiger partial charge in [0.15, 0.2) is 0 Å². The van der Waals surface area contributed by atoms with E-state index >= 15 is 0 Å². The van der Waals surface area contributed by atoms with Crippen molar-refractivity contribution in [3.05, 3.63) is 51.6 Å². The maximum Gasteiger partial charge on any atom is 0.146 e. The van der Waals surface area contributed by atoms with Crippen LogP contribution in [0.5, 0.6) is 5.75 Å². The van der Waals surface area contributed by atoms with Gasteiger partial charge in [0.2, 0.25) is 0 Å². The number of nitriles is 1. The second-order valence-electron chi connectivity index (χ2n) is 3.91. The predicted molar refractivity (Wildman–Crippen MR) is 79.3 cm³/mol. The van der Waals surface area contributed by atoms with Crippen LogP contribution in [0.2, 0.25) is 10.0 Å². The van der Waals surface area contributed by atoms with Crippen molar-refractivity contribution in [2.24, 2.45) is 0 Å². The van der Waals surface area contributed by atoms with E-state index in [1.165, 1.54) is 6.20 Å². The molecule has 0 aliphatic heterocycles. The number of hydrogen-bond acceptors (Lipinski definition) is 4. The second kappa shape index (κ2) is 6.47. The number of nitrogens with zero attached hydrogens (tertiary/aromatic N) is 2. The Labute approximate surface area is 126 Å². The Morgan fingerprint density at radius 3 is 2.85 bits per heavy atom. The van der Waals surface area contributed by atoms with Crippen molar-refractivity contribution in [1.29, 1.82) is 5.26 Å². The van der Waals surface area contributed by atoms with Gasteiger partial charge in [0.25, 0.3) is 0 Å². The highest BCUT2D eigenvalue weighted by atomic mass is 35.5. The van der Waals surface area contributed by atoms with Gasteiger partial charge in [0.1, 0.15) is 22.7 Å². The summed E-state index contributed by atoms with van der Waals surface area (Å²) in [5, 5.41) is 12.9. The molecule has 0 amide bonds. The van der Waals surface area contributed by atoms with Crippen LogP contribution in [0.1, 0.15) is 11.1 Å². The van der Waals surface area contributed by atoms with Gasteiger partial charge in [-0.25, -0.2) is 4.98 Å². The first kappa shape index (κ1) is 14.4. The molecule has 0 radical (unpaired) electrons. The Kier molecular flexibility index (Phi) is 4.67. The minimum Gasteiger partial charge on any atom is -0.496 e. The molecule has 0 unspecified atom stereocenters. The van der Waals surface area contributed by atoms with Gasteiger partial charge in [-0.3, -0.25) is 0 Å². The molecule has 0 aliphatic rings. The van der Waals surface area contributed by atoms with Crippen LogP contribution in [0.25, 0.3) is 0 Å². The van der Waals surface area contributed by atoms with Crippen molar-refractivity contribution in [2.75, 3.05) is 12.4 Å². The quantitative estimate of drug-likeness (QED) is 0.931. The fourth-order valence-corrected chi connectivity index (χ4v) is 2.18. The summed E-state index contributed by atoms with van der Waals surface area (Å²) in [6, 6.07) is 8.98. The van der Waals surface area contributed by atoms with Crippen LogP contribution in [0.3, 0.4) is 0 Å². The van der Waals surface area contributed by atoms with Gasteiger partial charge in [0, 0.05) is 23.3 Å². The molecule has 1 aromatic carbocycles. The number of anilines is 1. The van der Waals surface area contributed by atoms with Crippen molar-refractivity contribution in [2.45, 2.75) is 6.54 Å². The van der Waals surface area contributed by atoms with E-state index in [1.54, 1.807) is 19.2 Å². The molecule has 1 aromatic heterocycles. The number of aromatic nitrogens is 1. The topological polar surface area (TPSA) is 57.9 Å². The van der Waals surface area contributed by atoms with Gasteiger partial charge < -0.3 is 10.1 Å². The van der Waals surface area contributed by atoms with Crippen LogP contribution in [0, 0.1) is 11.3 Å². The second-order valence-corrected chi connectivity index (χ2v) is 4.69. The van der Waals surface area contributed by atoms with Crippen LogP contribution in [0.4, 0.5) is 5.82 Å². The molecule has 2 rings (SSSR count). The van der Waals surface area contributed by atoms with E-state index in [4.69, 9.17) is 33.2 Å².